The lowest BCUT2D eigenvalue weighted by Gasteiger charge is -2.06. The molecule has 0 saturated carbocycles. The molecule has 3 heteroatoms. The van der Waals surface area contributed by atoms with Gasteiger partial charge in [-0.1, -0.05) is 74.0 Å². The lowest BCUT2D eigenvalue weighted by Crippen LogP contribution is -2.05. The topological polar surface area (TPSA) is 38.0 Å². The van der Waals surface area contributed by atoms with E-state index in [1.165, 1.54) is 5.56 Å². The highest BCUT2D eigenvalue weighted by atomic mass is 16.3. The molecule has 1 aromatic heterocycles. The molecule has 23 heavy (non-hydrogen) atoms. The van der Waals surface area contributed by atoms with Crippen molar-refractivity contribution in [3.8, 4) is 28.3 Å². The molecule has 3 nitrogen and oxygen atoms in total. The number of benzene rings is 2. The van der Waals surface area contributed by atoms with E-state index < -0.39 is 0 Å². The Balaban J connectivity index is 2.19. The normalized spacial score (nSPS) is 11.1. The molecular weight excluding hydrogens is 284 g/mol. The summed E-state index contributed by atoms with van der Waals surface area (Å²) >= 11 is 0. The molecule has 3 rings (SSSR count). The lowest BCUT2D eigenvalue weighted by atomic mass is 10.0. The molecule has 0 spiro atoms. The highest BCUT2D eigenvalue weighted by molar-refractivity contribution is 5.84. The molecule has 0 atom stereocenters. The van der Waals surface area contributed by atoms with Crippen LogP contribution in [0.3, 0.4) is 0 Å². The zero-order valence-electron chi connectivity index (χ0n) is 13.8. The van der Waals surface area contributed by atoms with E-state index in [9.17, 15) is 5.11 Å². The second kappa shape index (κ2) is 6.29. The Morgan fingerprint density at radius 1 is 0.957 bits per heavy atom. The third-order valence-corrected chi connectivity index (χ3v) is 3.85. The minimum Gasteiger partial charge on any atom is -0.493 e. The van der Waals surface area contributed by atoms with E-state index in [1.54, 1.807) is 4.68 Å². The van der Waals surface area contributed by atoms with Crippen LogP contribution in [-0.4, -0.2) is 14.9 Å². The van der Waals surface area contributed by atoms with Crippen LogP contribution in [0.1, 0.15) is 19.4 Å². The van der Waals surface area contributed by atoms with Crippen LogP contribution in [0, 0.1) is 12.8 Å². The fourth-order valence-corrected chi connectivity index (χ4v) is 2.71. The maximum atomic E-state index is 10.7. The van der Waals surface area contributed by atoms with Crippen molar-refractivity contribution in [1.29, 1.82) is 0 Å². The highest BCUT2D eigenvalue weighted by Gasteiger charge is 2.20. The molecule has 118 valence electrons. The number of hydrogen-bond acceptors (Lipinski definition) is 2. The first-order valence-corrected chi connectivity index (χ1v) is 7.98. The highest BCUT2D eigenvalue weighted by Crippen LogP contribution is 2.38. The van der Waals surface area contributed by atoms with E-state index in [4.69, 9.17) is 5.10 Å². The van der Waals surface area contributed by atoms with Crippen molar-refractivity contribution in [2.45, 2.75) is 27.3 Å². The first-order valence-electron chi connectivity index (χ1n) is 7.98. The summed E-state index contributed by atoms with van der Waals surface area (Å²) in [4.78, 5) is 0. The zero-order valence-corrected chi connectivity index (χ0v) is 13.8. The van der Waals surface area contributed by atoms with E-state index >= 15 is 0 Å². The van der Waals surface area contributed by atoms with Crippen LogP contribution in [0.5, 0.6) is 5.88 Å². The molecular formula is C20H22N2O. The van der Waals surface area contributed by atoms with Crippen LogP contribution in [0.2, 0.25) is 0 Å². The Bertz CT molecular complexity index is 787. The fourth-order valence-electron chi connectivity index (χ4n) is 2.71. The zero-order chi connectivity index (χ0) is 16.4. The van der Waals surface area contributed by atoms with Gasteiger partial charge in [-0.3, -0.25) is 0 Å². The molecule has 1 heterocycles. The minimum absolute atomic E-state index is 0.237. The van der Waals surface area contributed by atoms with Gasteiger partial charge in [0.2, 0.25) is 5.88 Å². The average Bonchev–Trinajstić information content (AvgIpc) is 2.85. The van der Waals surface area contributed by atoms with Crippen molar-refractivity contribution in [3.63, 3.8) is 0 Å². The van der Waals surface area contributed by atoms with Crippen LogP contribution < -0.4 is 0 Å². The SMILES string of the molecule is Cc1ccc(-c2nn(CC(C)C)c(O)c2-c2ccccc2)cc1. The fraction of sp³-hybridized carbons (Fsp3) is 0.250. The van der Waals surface area contributed by atoms with Crippen LogP contribution in [0.15, 0.2) is 54.6 Å². The van der Waals surface area contributed by atoms with Gasteiger partial charge in [-0.05, 0) is 18.4 Å². The van der Waals surface area contributed by atoms with Gasteiger partial charge in [0.1, 0.15) is 5.69 Å². The summed E-state index contributed by atoms with van der Waals surface area (Å²) in [5, 5.41) is 15.4. The van der Waals surface area contributed by atoms with E-state index in [1.807, 2.05) is 30.3 Å². The van der Waals surface area contributed by atoms with Gasteiger partial charge >= 0.3 is 0 Å². The maximum absolute atomic E-state index is 10.7. The van der Waals surface area contributed by atoms with Crippen LogP contribution >= 0.6 is 0 Å². The smallest absolute Gasteiger partial charge is 0.218 e. The number of hydrogen-bond donors (Lipinski definition) is 1. The van der Waals surface area contributed by atoms with E-state index in [0.717, 1.165) is 22.4 Å². The van der Waals surface area contributed by atoms with Gasteiger partial charge in [-0.15, -0.1) is 0 Å². The molecule has 3 aromatic rings. The maximum Gasteiger partial charge on any atom is 0.218 e. The van der Waals surface area contributed by atoms with Crippen molar-refractivity contribution in [1.82, 2.24) is 9.78 Å². The molecule has 0 aliphatic carbocycles. The first-order chi connectivity index (χ1) is 11.1. The summed E-state index contributed by atoms with van der Waals surface area (Å²) in [6, 6.07) is 18.2. The first kappa shape index (κ1) is 15.3. The summed E-state index contributed by atoms with van der Waals surface area (Å²) in [6.07, 6.45) is 0. The molecule has 0 saturated heterocycles. The third kappa shape index (κ3) is 3.14. The summed E-state index contributed by atoms with van der Waals surface area (Å²) in [5.74, 6) is 0.649. The Hall–Kier alpha value is -2.55. The quantitative estimate of drug-likeness (QED) is 0.745. The Morgan fingerprint density at radius 3 is 2.22 bits per heavy atom. The average molecular weight is 306 g/mol. The van der Waals surface area contributed by atoms with Crippen LogP contribution in [0.4, 0.5) is 0 Å². The summed E-state index contributed by atoms with van der Waals surface area (Å²) < 4.78 is 1.71. The molecule has 0 fully saturated rings. The van der Waals surface area contributed by atoms with E-state index in [2.05, 4.69) is 45.0 Å². The van der Waals surface area contributed by atoms with Crippen molar-refractivity contribution in [2.75, 3.05) is 0 Å². The number of aromatic nitrogens is 2. The second-order valence-corrected chi connectivity index (χ2v) is 6.36. The predicted molar refractivity (Wildman–Crippen MR) is 94.3 cm³/mol. The molecule has 1 N–H and O–H groups in total. The largest absolute Gasteiger partial charge is 0.493 e. The van der Waals surface area contributed by atoms with Gasteiger partial charge in [0.15, 0.2) is 0 Å². The number of aryl methyl sites for hydroxylation is 1. The van der Waals surface area contributed by atoms with Crippen molar-refractivity contribution >= 4 is 0 Å². The van der Waals surface area contributed by atoms with Crippen molar-refractivity contribution in [2.24, 2.45) is 5.92 Å². The Labute approximate surface area is 137 Å². The summed E-state index contributed by atoms with van der Waals surface area (Å²) in [5.41, 5.74) is 4.84. The summed E-state index contributed by atoms with van der Waals surface area (Å²) in [6.45, 7) is 7.00. The summed E-state index contributed by atoms with van der Waals surface area (Å²) in [7, 11) is 0. The minimum atomic E-state index is 0.237. The number of aromatic hydroxyl groups is 1. The molecule has 0 unspecified atom stereocenters. The van der Waals surface area contributed by atoms with Crippen molar-refractivity contribution in [3.05, 3.63) is 60.2 Å². The van der Waals surface area contributed by atoms with Gasteiger partial charge in [0.25, 0.3) is 0 Å². The number of nitrogens with zero attached hydrogens (tertiary/aromatic N) is 2. The molecule has 0 aliphatic heterocycles. The van der Waals surface area contributed by atoms with Gasteiger partial charge < -0.3 is 5.11 Å². The molecule has 2 aromatic carbocycles. The van der Waals surface area contributed by atoms with Crippen LogP contribution in [0.25, 0.3) is 22.4 Å². The second-order valence-electron chi connectivity index (χ2n) is 6.36. The van der Waals surface area contributed by atoms with Crippen molar-refractivity contribution < 1.29 is 5.11 Å². The Morgan fingerprint density at radius 2 is 1.61 bits per heavy atom. The molecule has 0 radical (unpaired) electrons. The predicted octanol–water partition coefficient (Wildman–Crippen LogP) is 4.89. The lowest BCUT2D eigenvalue weighted by molar-refractivity contribution is 0.373. The monoisotopic (exact) mass is 306 g/mol. The van der Waals surface area contributed by atoms with Gasteiger partial charge in [-0.25, -0.2) is 4.68 Å². The molecule has 0 amide bonds. The van der Waals surface area contributed by atoms with E-state index in [-0.39, 0.29) is 5.88 Å². The number of rotatable bonds is 4. The van der Waals surface area contributed by atoms with E-state index in [0.29, 0.717) is 12.5 Å². The van der Waals surface area contributed by atoms with Gasteiger partial charge in [0, 0.05) is 12.1 Å². The Kier molecular flexibility index (Phi) is 4.20. The van der Waals surface area contributed by atoms with Gasteiger partial charge in [0.05, 0.1) is 5.56 Å². The molecule has 0 aliphatic rings. The third-order valence-electron chi connectivity index (χ3n) is 3.85. The van der Waals surface area contributed by atoms with Crippen LogP contribution in [-0.2, 0) is 6.54 Å². The standard InChI is InChI=1S/C20H22N2O/c1-14(2)13-22-20(23)18(16-7-5-4-6-8-16)19(21-22)17-11-9-15(3)10-12-17/h4-12,14,23H,13H2,1-3H3. The van der Waals surface area contributed by atoms with Gasteiger partial charge in [-0.2, -0.15) is 5.10 Å². The molecule has 0 bridgehead atoms.